The van der Waals surface area contributed by atoms with E-state index < -0.39 is 0 Å². The SMILES string of the molecule is COc1ccccc1CCNC(=O)NCCOc1ccc2c(c1)OCO2. The van der Waals surface area contributed by atoms with E-state index in [0.717, 1.165) is 11.3 Å². The van der Waals surface area contributed by atoms with Crippen molar-refractivity contribution in [2.45, 2.75) is 6.42 Å². The van der Waals surface area contributed by atoms with Crippen molar-refractivity contribution >= 4 is 6.03 Å². The van der Waals surface area contributed by atoms with E-state index in [1.54, 1.807) is 25.3 Å². The molecule has 0 aromatic heterocycles. The lowest BCUT2D eigenvalue weighted by Gasteiger charge is -2.11. The Kier molecular flexibility index (Phi) is 6.03. The molecule has 0 unspecified atom stereocenters. The molecule has 7 nitrogen and oxygen atoms in total. The summed E-state index contributed by atoms with van der Waals surface area (Å²) in [7, 11) is 1.64. The summed E-state index contributed by atoms with van der Waals surface area (Å²) in [5.74, 6) is 2.88. The van der Waals surface area contributed by atoms with Crippen LogP contribution in [0.4, 0.5) is 4.79 Å². The standard InChI is InChI=1S/C19H22N2O5/c1-23-16-5-3-2-4-14(16)8-9-20-19(22)21-10-11-24-15-6-7-17-18(12-15)26-13-25-17/h2-7,12H,8-11,13H2,1H3,(H2,20,21,22). The number of carbonyl (C=O) groups is 1. The van der Waals surface area contributed by atoms with Crippen LogP contribution in [0.2, 0.25) is 0 Å². The van der Waals surface area contributed by atoms with Crippen molar-refractivity contribution in [2.24, 2.45) is 0 Å². The highest BCUT2D eigenvalue weighted by molar-refractivity contribution is 5.73. The zero-order chi connectivity index (χ0) is 18.2. The third kappa shape index (κ3) is 4.72. The number of hydrogen-bond acceptors (Lipinski definition) is 5. The lowest BCUT2D eigenvalue weighted by molar-refractivity contribution is 0.173. The van der Waals surface area contributed by atoms with Crippen molar-refractivity contribution in [3.8, 4) is 23.0 Å². The second kappa shape index (κ2) is 8.84. The van der Waals surface area contributed by atoms with Gasteiger partial charge in [0.05, 0.1) is 13.7 Å². The van der Waals surface area contributed by atoms with Gasteiger partial charge in [0, 0.05) is 12.6 Å². The predicted molar refractivity (Wildman–Crippen MR) is 96.2 cm³/mol. The van der Waals surface area contributed by atoms with Gasteiger partial charge in [-0.2, -0.15) is 0 Å². The van der Waals surface area contributed by atoms with Gasteiger partial charge < -0.3 is 29.6 Å². The Hall–Kier alpha value is -3.09. The number of amides is 2. The Bertz CT molecular complexity index is 750. The molecule has 0 saturated heterocycles. The minimum Gasteiger partial charge on any atom is -0.496 e. The first-order chi connectivity index (χ1) is 12.8. The molecule has 0 saturated carbocycles. The Labute approximate surface area is 152 Å². The van der Waals surface area contributed by atoms with Gasteiger partial charge in [-0.15, -0.1) is 0 Å². The van der Waals surface area contributed by atoms with Crippen LogP contribution in [0.5, 0.6) is 23.0 Å². The highest BCUT2D eigenvalue weighted by Crippen LogP contribution is 2.34. The van der Waals surface area contributed by atoms with Crippen LogP contribution in [0.3, 0.4) is 0 Å². The van der Waals surface area contributed by atoms with Crippen molar-refractivity contribution in [1.29, 1.82) is 0 Å². The van der Waals surface area contributed by atoms with E-state index >= 15 is 0 Å². The Morgan fingerprint density at radius 3 is 2.77 bits per heavy atom. The maximum Gasteiger partial charge on any atom is 0.314 e. The first kappa shape index (κ1) is 17.7. The third-order valence-corrected chi connectivity index (χ3v) is 3.87. The Morgan fingerprint density at radius 1 is 1.08 bits per heavy atom. The lowest BCUT2D eigenvalue weighted by atomic mass is 10.1. The quantitative estimate of drug-likeness (QED) is 0.708. The molecule has 26 heavy (non-hydrogen) atoms. The van der Waals surface area contributed by atoms with Crippen molar-refractivity contribution < 1.29 is 23.7 Å². The van der Waals surface area contributed by atoms with Gasteiger partial charge in [-0.25, -0.2) is 4.79 Å². The summed E-state index contributed by atoms with van der Waals surface area (Å²) < 4.78 is 21.4. The predicted octanol–water partition coefficient (Wildman–Crippen LogP) is 2.34. The minimum absolute atomic E-state index is 0.228. The van der Waals surface area contributed by atoms with Crippen LogP contribution in [0.1, 0.15) is 5.56 Å². The molecule has 2 N–H and O–H groups in total. The van der Waals surface area contributed by atoms with Crippen molar-refractivity contribution in [2.75, 3.05) is 33.6 Å². The molecule has 0 spiro atoms. The molecular weight excluding hydrogens is 336 g/mol. The minimum atomic E-state index is -0.228. The molecule has 2 amide bonds. The van der Waals surface area contributed by atoms with Gasteiger partial charge in [0.2, 0.25) is 6.79 Å². The molecule has 0 fully saturated rings. The van der Waals surface area contributed by atoms with Gasteiger partial charge >= 0.3 is 6.03 Å². The van der Waals surface area contributed by atoms with E-state index in [2.05, 4.69) is 10.6 Å². The van der Waals surface area contributed by atoms with E-state index in [9.17, 15) is 4.79 Å². The summed E-state index contributed by atoms with van der Waals surface area (Å²) in [6.07, 6.45) is 0.700. The van der Waals surface area contributed by atoms with Crippen LogP contribution in [-0.2, 0) is 6.42 Å². The van der Waals surface area contributed by atoms with E-state index in [4.69, 9.17) is 18.9 Å². The fourth-order valence-corrected chi connectivity index (χ4v) is 2.58. The molecule has 3 rings (SSSR count). The summed E-state index contributed by atoms with van der Waals surface area (Å²) in [4.78, 5) is 11.8. The molecule has 0 bridgehead atoms. The van der Waals surface area contributed by atoms with Crippen LogP contribution in [-0.4, -0.2) is 39.6 Å². The number of carbonyl (C=O) groups excluding carboxylic acids is 1. The average molecular weight is 358 g/mol. The first-order valence-electron chi connectivity index (χ1n) is 8.42. The summed E-state index contributed by atoms with van der Waals surface area (Å²) in [5.41, 5.74) is 1.06. The topological polar surface area (TPSA) is 78.1 Å². The summed E-state index contributed by atoms with van der Waals surface area (Å²) in [6, 6.07) is 12.9. The average Bonchev–Trinajstić information content (AvgIpc) is 3.13. The summed E-state index contributed by atoms with van der Waals surface area (Å²) in [6.45, 7) is 1.51. The molecule has 7 heteroatoms. The molecule has 0 atom stereocenters. The van der Waals surface area contributed by atoms with E-state index in [1.165, 1.54) is 0 Å². The second-order valence-corrected chi connectivity index (χ2v) is 5.61. The maximum atomic E-state index is 11.8. The van der Waals surface area contributed by atoms with Gasteiger partial charge in [-0.3, -0.25) is 0 Å². The third-order valence-electron chi connectivity index (χ3n) is 3.87. The number of urea groups is 1. The first-order valence-corrected chi connectivity index (χ1v) is 8.42. The number of nitrogens with one attached hydrogen (secondary N) is 2. The molecule has 0 radical (unpaired) electrons. The van der Waals surface area contributed by atoms with Crippen LogP contribution in [0.25, 0.3) is 0 Å². The number of methoxy groups -OCH3 is 1. The van der Waals surface area contributed by atoms with Crippen LogP contribution < -0.4 is 29.6 Å². The second-order valence-electron chi connectivity index (χ2n) is 5.61. The van der Waals surface area contributed by atoms with Crippen LogP contribution >= 0.6 is 0 Å². The van der Waals surface area contributed by atoms with E-state index in [1.807, 2.05) is 24.3 Å². The van der Waals surface area contributed by atoms with Gasteiger partial charge in [0.25, 0.3) is 0 Å². The number of benzene rings is 2. The molecular formula is C19H22N2O5. The number of fused-ring (bicyclic) bond motifs is 1. The monoisotopic (exact) mass is 358 g/mol. The van der Waals surface area contributed by atoms with Crippen molar-refractivity contribution in [3.05, 3.63) is 48.0 Å². The molecule has 2 aromatic carbocycles. The lowest BCUT2D eigenvalue weighted by Crippen LogP contribution is -2.38. The number of rotatable bonds is 8. The number of para-hydroxylation sites is 1. The highest BCUT2D eigenvalue weighted by Gasteiger charge is 2.13. The molecule has 0 aliphatic carbocycles. The highest BCUT2D eigenvalue weighted by atomic mass is 16.7. The van der Waals surface area contributed by atoms with Gasteiger partial charge in [0.15, 0.2) is 11.5 Å². The van der Waals surface area contributed by atoms with Gasteiger partial charge in [-0.1, -0.05) is 18.2 Å². The summed E-state index contributed by atoms with van der Waals surface area (Å²) >= 11 is 0. The number of ether oxygens (including phenoxy) is 4. The van der Waals surface area contributed by atoms with Crippen molar-refractivity contribution in [1.82, 2.24) is 10.6 Å². The van der Waals surface area contributed by atoms with Gasteiger partial charge in [-0.05, 0) is 30.2 Å². The fraction of sp³-hybridized carbons (Fsp3) is 0.316. The van der Waals surface area contributed by atoms with E-state index in [-0.39, 0.29) is 12.8 Å². The van der Waals surface area contributed by atoms with E-state index in [0.29, 0.717) is 43.4 Å². The van der Waals surface area contributed by atoms with Gasteiger partial charge in [0.1, 0.15) is 18.1 Å². The number of hydrogen-bond donors (Lipinski definition) is 2. The summed E-state index contributed by atoms with van der Waals surface area (Å²) in [5, 5.41) is 5.58. The molecule has 1 heterocycles. The fourth-order valence-electron chi connectivity index (χ4n) is 2.58. The van der Waals surface area contributed by atoms with Crippen LogP contribution in [0, 0.1) is 0 Å². The maximum absolute atomic E-state index is 11.8. The zero-order valence-electron chi connectivity index (χ0n) is 14.6. The van der Waals surface area contributed by atoms with Crippen molar-refractivity contribution in [3.63, 3.8) is 0 Å². The smallest absolute Gasteiger partial charge is 0.314 e. The molecule has 1 aliphatic rings. The normalized spacial score (nSPS) is 11.7. The molecule has 138 valence electrons. The Balaban J connectivity index is 1.32. The molecule has 1 aliphatic heterocycles. The zero-order valence-corrected chi connectivity index (χ0v) is 14.6. The van der Waals surface area contributed by atoms with Crippen LogP contribution in [0.15, 0.2) is 42.5 Å². The largest absolute Gasteiger partial charge is 0.496 e. The molecule has 2 aromatic rings. The Morgan fingerprint density at radius 2 is 1.88 bits per heavy atom.